The van der Waals surface area contributed by atoms with Gasteiger partial charge in [-0.2, -0.15) is 5.26 Å². The van der Waals surface area contributed by atoms with Crippen LogP contribution in [-0.4, -0.2) is 77.6 Å². The Morgan fingerprint density at radius 1 is 0.944 bits per heavy atom. The molecule has 2 fully saturated rings. The first-order valence-corrected chi connectivity index (χ1v) is 12.6. The zero-order valence-electron chi connectivity index (χ0n) is 21.1. The lowest BCUT2D eigenvalue weighted by atomic mass is 9.94. The zero-order valence-corrected chi connectivity index (χ0v) is 21.1. The number of benzene rings is 2. The molecule has 0 aliphatic carbocycles. The van der Waals surface area contributed by atoms with Crippen molar-refractivity contribution in [1.82, 2.24) is 14.7 Å². The van der Waals surface area contributed by atoms with E-state index in [1.807, 2.05) is 50.4 Å². The van der Waals surface area contributed by atoms with Crippen molar-refractivity contribution in [3.05, 3.63) is 65.2 Å². The van der Waals surface area contributed by atoms with Crippen LogP contribution in [0.4, 0.5) is 10.5 Å². The van der Waals surface area contributed by atoms with E-state index in [1.54, 1.807) is 4.90 Å². The van der Waals surface area contributed by atoms with Gasteiger partial charge in [-0.25, -0.2) is 4.79 Å². The lowest BCUT2D eigenvalue weighted by Gasteiger charge is -2.38. The smallest absolute Gasteiger partial charge is 0.407 e. The highest BCUT2D eigenvalue weighted by atomic mass is 16.4. The largest absolute Gasteiger partial charge is 0.465 e. The molecule has 1 N–H and O–H groups in total. The van der Waals surface area contributed by atoms with Crippen LogP contribution >= 0.6 is 0 Å². The molecular formula is C28H35N5O3. The van der Waals surface area contributed by atoms with Gasteiger partial charge >= 0.3 is 6.09 Å². The number of carbonyl (C=O) groups is 2. The molecule has 2 amide bonds. The number of piperazine rings is 1. The minimum Gasteiger partial charge on any atom is -0.465 e. The summed E-state index contributed by atoms with van der Waals surface area (Å²) in [5.41, 5.74) is 3.92. The monoisotopic (exact) mass is 489 g/mol. The number of nitrogens with zero attached hydrogens (tertiary/aromatic N) is 5. The molecule has 0 saturated carbocycles. The van der Waals surface area contributed by atoms with Gasteiger partial charge in [-0.3, -0.25) is 14.6 Å². The first-order valence-electron chi connectivity index (χ1n) is 12.6. The number of piperidine rings is 1. The van der Waals surface area contributed by atoms with Crippen molar-refractivity contribution in [2.45, 2.75) is 38.9 Å². The van der Waals surface area contributed by atoms with Gasteiger partial charge in [0.2, 0.25) is 5.91 Å². The summed E-state index contributed by atoms with van der Waals surface area (Å²) in [6.07, 6.45) is 0.840. The molecule has 0 bridgehead atoms. The van der Waals surface area contributed by atoms with E-state index in [0.717, 1.165) is 63.4 Å². The summed E-state index contributed by atoms with van der Waals surface area (Å²) >= 11 is 0. The molecule has 0 aromatic heterocycles. The summed E-state index contributed by atoms with van der Waals surface area (Å²) in [5.74, 6) is 0.193. The van der Waals surface area contributed by atoms with Crippen LogP contribution < -0.4 is 4.90 Å². The Morgan fingerprint density at radius 2 is 1.53 bits per heavy atom. The predicted molar refractivity (Wildman–Crippen MR) is 138 cm³/mol. The number of hydrogen-bond donors (Lipinski definition) is 1. The summed E-state index contributed by atoms with van der Waals surface area (Å²) in [6.45, 7) is 7.30. The average Bonchev–Trinajstić information content (AvgIpc) is 2.89. The Bertz CT molecular complexity index is 1090. The summed E-state index contributed by atoms with van der Waals surface area (Å²) in [6, 6.07) is 18.0. The second-order valence-corrected chi connectivity index (χ2v) is 9.98. The van der Waals surface area contributed by atoms with E-state index >= 15 is 0 Å². The number of anilines is 1. The Labute approximate surface area is 213 Å². The van der Waals surface area contributed by atoms with Gasteiger partial charge in [0.25, 0.3) is 0 Å². The van der Waals surface area contributed by atoms with E-state index in [4.69, 9.17) is 5.26 Å². The standard InChI is InChI=1S/C28H35N5O3/c1-21-18-32(15-16-33(21)28(35)36)20-24-7-9-26(10-8-24)30(2)27(34)25-11-13-31(14-12-25)19-23-5-3-22(17-29)4-6-23/h3-10,21,25H,11-16,18-20H2,1-2H3,(H,35,36)/t21-/m0/s1. The minimum absolute atomic E-state index is 0.0187. The molecular weight excluding hydrogens is 454 g/mol. The molecule has 1 atom stereocenters. The summed E-state index contributed by atoms with van der Waals surface area (Å²) in [7, 11) is 1.85. The molecule has 8 nitrogen and oxygen atoms in total. The number of hydrogen-bond acceptors (Lipinski definition) is 5. The fourth-order valence-corrected chi connectivity index (χ4v) is 5.23. The topological polar surface area (TPSA) is 91.1 Å². The second kappa shape index (κ2) is 11.5. The van der Waals surface area contributed by atoms with Crippen molar-refractivity contribution >= 4 is 17.7 Å². The fourth-order valence-electron chi connectivity index (χ4n) is 5.23. The number of carbonyl (C=O) groups excluding carboxylic acids is 1. The number of rotatable bonds is 6. The molecule has 0 spiro atoms. The van der Waals surface area contributed by atoms with E-state index in [1.165, 1.54) is 10.5 Å². The van der Waals surface area contributed by atoms with Gasteiger partial charge in [-0.15, -0.1) is 0 Å². The fraction of sp³-hybridized carbons (Fsp3) is 0.464. The maximum Gasteiger partial charge on any atom is 0.407 e. The average molecular weight is 490 g/mol. The lowest BCUT2D eigenvalue weighted by molar-refractivity contribution is -0.123. The third-order valence-corrected chi connectivity index (χ3v) is 7.44. The van der Waals surface area contributed by atoms with Crippen LogP contribution in [0.15, 0.2) is 48.5 Å². The van der Waals surface area contributed by atoms with Crippen molar-refractivity contribution in [2.24, 2.45) is 5.92 Å². The van der Waals surface area contributed by atoms with Crippen molar-refractivity contribution in [2.75, 3.05) is 44.7 Å². The molecule has 2 aromatic rings. The van der Waals surface area contributed by atoms with Crippen molar-refractivity contribution in [3.63, 3.8) is 0 Å². The number of amides is 2. The molecule has 0 radical (unpaired) electrons. The Balaban J connectivity index is 1.25. The van der Waals surface area contributed by atoms with Gasteiger partial charge in [-0.1, -0.05) is 24.3 Å². The van der Waals surface area contributed by atoms with Gasteiger partial charge in [0.1, 0.15) is 0 Å². The van der Waals surface area contributed by atoms with Gasteiger partial charge in [0.05, 0.1) is 11.6 Å². The number of nitriles is 1. The molecule has 2 heterocycles. The van der Waals surface area contributed by atoms with Gasteiger partial charge in [-0.05, 0) is 68.2 Å². The molecule has 2 aromatic carbocycles. The number of carboxylic acid groups (broad SMARTS) is 1. The molecule has 4 rings (SSSR count). The molecule has 2 saturated heterocycles. The Hall–Kier alpha value is -3.41. The summed E-state index contributed by atoms with van der Waals surface area (Å²) < 4.78 is 0. The summed E-state index contributed by atoms with van der Waals surface area (Å²) in [5, 5.41) is 18.2. The SMILES string of the molecule is C[C@H]1CN(Cc2ccc(N(C)C(=O)C3CCN(Cc4ccc(C#N)cc4)CC3)cc2)CCN1C(=O)O. The molecule has 36 heavy (non-hydrogen) atoms. The van der Waals surface area contributed by atoms with Crippen molar-refractivity contribution in [1.29, 1.82) is 5.26 Å². The second-order valence-electron chi connectivity index (χ2n) is 9.98. The normalized spacial score (nSPS) is 19.6. The van der Waals surface area contributed by atoms with Crippen LogP contribution in [0.2, 0.25) is 0 Å². The maximum atomic E-state index is 13.2. The highest BCUT2D eigenvalue weighted by Gasteiger charge is 2.29. The van der Waals surface area contributed by atoms with Gasteiger partial charge in [0, 0.05) is 57.4 Å². The highest BCUT2D eigenvalue weighted by Crippen LogP contribution is 2.24. The van der Waals surface area contributed by atoms with E-state index in [0.29, 0.717) is 12.1 Å². The van der Waals surface area contributed by atoms with Crippen LogP contribution in [0.25, 0.3) is 0 Å². The maximum absolute atomic E-state index is 13.2. The van der Waals surface area contributed by atoms with Gasteiger partial charge < -0.3 is 14.9 Å². The van der Waals surface area contributed by atoms with Crippen LogP contribution in [0, 0.1) is 17.2 Å². The van der Waals surface area contributed by atoms with E-state index in [2.05, 4.69) is 28.0 Å². The third kappa shape index (κ3) is 6.23. The predicted octanol–water partition coefficient (Wildman–Crippen LogP) is 3.62. The van der Waals surface area contributed by atoms with Crippen LogP contribution in [0.1, 0.15) is 36.5 Å². The lowest BCUT2D eigenvalue weighted by Crippen LogP contribution is -2.53. The molecule has 2 aliphatic heterocycles. The zero-order chi connectivity index (χ0) is 25.7. The first kappa shape index (κ1) is 25.7. The Morgan fingerprint density at radius 3 is 2.08 bits per heavy atom. The minimum atomic E-state index is -0.851. The quantitative estimate of drug-likeness (QED) is 0.667. The van der Waals surface area contributed by atoms with Crippen molar-refractivity contribution < 1.29 is 14.7 Å². The van der Waals surface area contributed by atoms with E-state index < -0.39 is 6.09 Å². The Kier molecular flexibility index (Phi) is 8.24. The molecule has 2 aliphatic rings. The molecule has 0 unspecified atom stereocenters. The summed E-state index contributed by atoms with van der Waals surface area (Å²) in [4.78, 5) is 32.4. The third-order valence-electron chi connectivity index (χ3n) is 7.44. The molecule has 190 valence electrons. The van der Waals surface area contributed by atoms with Crippen LogP contribution in [0.3, 0.4) is 0 Å². The van der Waals surface area contributed by atoms with E-state index in [-0.39, 0.29) is 17.9 Å². The van der Waals surface area contributed by atoms with Gasteiger partial charge in [0.15, 0.2) is 0 Å². The van der Waals surface area contributed by atoms with Crippen LogP contribution in [0.5, 0.6) is 0 Å². The van der Waals surface area contributed by atoms with E-state index in [9.17, 15) is 14.7 Å². The molecule has 8 heteroatoms. The van der Waals surface area contributed by atoms with Crippen LogP contribution in [-0.2, 0) is 17.9 Å². The van der Waals surface area contributed by atoms with Crippen molar-refractivity contribution in [3.8, 4) is 6.07 Å². The number of likely N-dealkylation sites (tertiary alicyclic amines) is 1. The first-order chi connectivity index (χ1) is 17.3. The highest BCUT2D eigenvalue weighted by molar-refractivity contribution is 5.94.